The van der Waals surface area contributed by atoms with Gasteiger partial charge in [-0.05, 0) is 25.7 Å². The summed E-state index contributed by atoms with van der Waals surface area (Å²) in [5, 5.41) is 11.7. The molecule has 1 amide bonds. The summed E-state index contributed by atoms with van der Waals surface area (Å²) >= 11 is 0. The highest BCUT2D eigenvalue weighted by molar-refractivity contribution is 5.82. The van der Waals surface area contributed by atoms with E-state index >= 15 is 0 Å². The normalized spacial score (nSPS) is 34.4. The maximum absolute atomic E-state index is 11.9. The van der Waals surface area contributed by atoms with E-state index in [4.69, 9.17) is 14.6 Å². The van der Waals surface area contributed by atoms with E-state index in [9.17, 15) is 9.59 Å². The molecule has 0 aromatic heterocycles. The zero-order chi connectivity index (χ0) is 13.8. The fourth-order valence-corrected chi connectivity index (χ4v) is 2.73. The van der Waals surface area contributed by atoms with Crippen LogP contribution in [0.3, 0.4) is 0 Å². The van der Waals surface area contributed by atoms with Gasteiger partial charge in [0.1, 0.15) is 6.10 Å². The molecule has 0 aliphatic carbocycles. The van der Waals surface area contributed by atoms with Crippen molar-refractivity contribution in [2.24, 2.45) is 5.92 Å². The third-order valence-electron chi connectivity index (χ3n) is 3.87. The van der Waals surface area contributed by atoms with Crippen LogP contribution < -0.4 is 5.32 Å². The Morgan fingerprint density at radius 1 is 1.26 bits per heavy atom. The van der Waals surface area contributed by atoms with Crippen molar-refractivity contribution in [2.75, 3.05) is 13.2 Å². The zero-order valence-corrected chi connectivity index (χ0v) is 11.1. The van der Waals surface area contributed by atoms with Gasteiger partial charge in [0.15, 0.2) is 6.10 Å². The molecule has 2 fully saturated rings. The fraction of sp³-hybridized carbons (Fsp3) is 0.846. The molecular weight excluding hydrogens is 250 g/mol. The van der Waals surface area contributed by atoms with E-state index < -0.39 is 18.2 Å². The first-order valence-electron chi connectivity index (χ1n) is 6.89. The van der Waals surface area contributed by atoms with E-state index in [0.29, 0.717) is 25.3 Å². The summed E-state index contributed by atoms with van der Waals surface area (Å²) < 4.78 is 10.8. The molecule has 4 atom stereocenters. The van der Waals surface area contributed by atoms with E-state index in [1.54, 1.807) is 0 Å². The van der Waals surface area contributed by atoms with Crippen molar-refractivity contribution in [1.82, 2.24) is 5.32 Å². The SMILES string of the molecule is CCC1OCCC1CNC(=O)C1CCC(C(=O)O)O1. The molecule has 6 heteroatoms. The van der Waals surface area contributed by atoms with E-state index in [1.807, 2.05) is 0 Å². The Labute approximate surface area is 112 Å². The average molecular weight is 271 g/mol. The molecule has 0 saturated carbocycles. The lowest BCUT2D eigenvalue weighted by Crippen LogP contribution is -2.39. The molecule has 0 bridgehead atoms. The zero-order valence-electron chi connectivity index (χ0n) is 11.1. The van der Waals surface area contributed by atoms with E-state index in [1.165, 1.54) is 0 Å². The Morgan fingerprint density at radius 3 is 2.63 bits per heavy atom. The maximum atomic E-state index is 11.9. The number of ether oxygens (including phenoxy) is 2. The Balaban J connectivity index is 1.74. The molecule has 0 spiro atoms. The number of hydrogen-bond donors (Lipinski definition) is 2. The second-order valence-electron chi connectivity index (χ2n) is 5.14. The van der Waals surface area contributed by atoms with Crippen LogP contribution in [0.2, 0.25) is 0 Å². The number of nitrogens with one attached hydrogen (secondary N) is 1. The number of amides is 1. The molecule has 2 rings (SSSR count). The predicted octanol–water partition coefficient (Wildman–Crippen LogP) is 0.550. The van der Waals surface area contributed by atoms with Crippen molar-refractivity contribution in [3.05, 3.63) is 0 Å². The largest absolute Gasteiger partial charge is 0.479 e. The van der Waals surface area contributed by atoms with Gasteiger partial charge in [-0.3, -0.25) is 4.79 Å². The fourth-order valence-electron chi connectivity index (χ4n) is 2.73. The molecule has 2 aliphatic heterocycles. The molecule has 4 unspecified atom stereocenters. The van der Waals surface area contributed by atoms with Gasteiger partial charge in [0.2, 0.25) is 5.91 Å². The van der Waals surface area contributed by atoms with Gasteiger partial charge in [-0.1, -0.05) is 6.92 Å². The Kier molecular flexibility index (Phi) is 4.76. The minimum Gasteiger partial charge on any atom is -0.479 e. The van der Waals surface area contributed by atoms with Crippen molar-refractivity contribution in [3.63, 3.8) is 0 Å². The molecule has 2 heterocycles. The third-order valence-corrected chi connectivity index (χ3v) is 3.87. The van der Waals surface area contributed by atoms with E-state index in [2.05, 4.69) is 12.2 Å². The van der Waals surface area contributed by atoms with Crippen LogP contribution in [0.1, 0.15) is 32.6 Å². The van der Waals surface area contributed by atoms with Crippen molar-refractivity contribution in [1.29, 1.82) is 0 Å². The first kappa shape index (κ1) is 14.3. The summed E-state index contributed by atoms with van der Waals surface area (Å²) in [6.07, 6.45) is 1.54. The highest BCUT2D eigenvalue weighted by Crippen LogP contribution is 2.23. The smallest absolute Gasteiger partial charge is 0.332 e. The third kappa shape index (κ3) is 3.45. The number of rotatable bonds is 5. The Bertz CT molecular complexity index is 346. The lowest BCUT2D eigenvalue weighted by atomic mass is 9.99. The van der Waals surface area contributed by atoms with Gasteiger partial charge in [-0.15, -0.1) is 0 Å². The van der Waals surface area contributed by atoms with Crippen LogP contribution in [-0.4, -0.2) is 48.4 Å². The monoisotopic (exact) mass is 271 g/mol. The summed E-state index contributed by atoms with van der Waals surface area (Å²) in [4.78, 5) is 22.6. The van der Waals surface area contributed by atoms with Gasteiger partial charge < -0.3 is 19.9 Å². The lowest BCUT2D eigenvalue weighted by molar-refractivity contribution is -0.151. The summed E-state index contributed by atoms with van der Waals surface area (Å²) in [5.41, 5.74) is 0. The van der Waals surface area contributed by atoms with Gasteiger partial charge in [0.05, 0.1) is 6.10 Å². The van der Waals surface area contributed by atoms with Crippen molar-refractivity contribution in [3.8, 4) is 0 Å². The molecule has 2 aliphatic rings. The minimum absolute atomic E-state index is 0.203. The molecule has 19 heavy (non-hydrogen) atoms. The van der Waals surface area contributed by atoms with E-state index in [-0.39, 0.29) is 12.0 Å². The molecule has 0 radical (unpaired) electrons. The minimum atomic E-state index is -0.995. The first-order chi connectivity index (χ1) is 9.11. The Hall–Kier alpha value is -1.14. The second-order valence-corrected chi connectivity index (χ2v) is 5.14. The summed E-state index contributed by atoms with van der Waals surface area (Å²) in [5.74, 6) is -0.846. The van der Waals surface area contributed by atoms with Crippen LogP contribution in [0, 0.1) is 5.92 Å². The van der Waals surface area contributed by atoms with Crippen LogP contribution in [0.4, 0.5) is 0 Å². The number of carbonyl (C=O) groups is 2. The second kappa shape index (κ2) is 6.34. The number of carboxylic acids is 1. The van der Waals surface area contributed by atoms with Gasteiger partial charge in [0.25, 0.3) is 0 Å². The van der Waals surface area contributed by atoms with E-state index in [0.717, 1.165) is 19.4 Å². The number of aliphatic carboxylic acids is 1. The number of hydrogen-bond acceptors (Lipinski definition) is 4. The highest BCUT2D eigenvalue weighted by Gasteiger charge is 2.35. The van der Waals surface area contributed by atoms with Gasteiger partial charge in [0, 0.05) is 19.1 Å². The molecule has 2 N–H and O–H groups in total. The van der Waals surface area contributed by atoms with Crippen LogP contribution in [0.5, 0.6) is 0 Å². The number of carboxylic acid groups (broad SMARTS) is 1. The molecule has 2 saturated heterocycles. The van der Waals surface area contributed by atoms with Crippen molar-refractivity contribution < 1.29 is 24.2 Å². The molecule has 0 aromatic rings. The molecule has 108 valence electrons. The van der Waals surface area contributed by atoms with Crippen molar-refractivity contribution >= 4 is 11.9 Å². The van der Waals surface area contributed by atoms with Gasteiger partial charge in [-0.2, -0.15) is 0 Å². The first-order valence-corrected chi connectivity index (χ1v) is 6.89. The average Bonchev–Trinajstić information content (AvgIpc) is 3.04. The van der Waals surface area contributed by atoms with Crippen LogP contribution in [0.15, 0.2) is 0 Å². The van der Waals surface area contributed by atoms with Crippen LogP contribution in [-0.2, 0) is 19.1 Å². The standard InChI is InChI=1S/C13H21NO5/c1-2-9-8(5-6-18-9)7-14-12(15)10-3-4-11(19-10)13(16)17/h8-11H,2-7H2,1H3,(H,14,15)(H,16,17). The predicted molar refractivity (Wildman–Crippen MR) is 66.7 cm³/mol. The topological polar surface area (TPSA) is 84.9 Å². The van der Waals surface area contributed by atoms with Gasteiger partial charge >= 0.3 is 5.97 Å². The van der Waals surface area contributed by atoms with Gasteiger partial charge in [-0.25, -0.2) is 4.79 Å². The Morgan fingerprint density at radius 2 is 2.00 bits per heavy atom. The molecular formula is C13H21NO5. The lowest BCUT2D eigenvalue weighted by Gasteiger charge is -2.18. The highest BCUT2D eigenvalue weighted by atomic mass is 16.5. The summed E-state index contributed by atoms with van der Waals surface area (Å²) in [6.45, 7) is 3.40. The summed E-state index contributed by atoms with van der Waals surface area (Å²) in [7, 11) is 0. The molecule has 6 nitrogen and oxygen atoms in total. The molecule has 0 aromatic carbocycles. The maximum Gasteiger partial charge on any atom is 0.332 e. The van der Waals surface area contributed by atoms with Crippen molar-refractivity contribution in [2.45, 2.75) is 50.9 Å². The van der Waals surface area contributed by atoms with Crippen LogP contribution in [0.25, 0.3) is 0 Å². The summed E-state index contributed by atoms with van der Waals surface area (Å²) in [6, 6.07) is 0. The quantitative estimate of drug-likeness (QED) is 0.762. The number of carbonyl (C=O) groups excluding carboxylic acids is 1. The van der Waals surface area contributed by atoms with Crippen LogP contribution >= 0.6 is 0 Å².